The lowest BCUT2D eigenvalue weighted by atomic mass is 9.95. The first-order valence-corrected chi connectivity index (χ1v) is 12.3. The molecule has 6 heteroatoms. The molecule has 0 saturated carbocycles. The molecule has 0 aliphatic carbocycles. The van der Waals surface area contributed by atoms with Crippen LogP contribution in [0.4, 0.5) is 4.79 Å². The van der Waals surface area contributed by atoms with E-state index in [9.17, 15) is 9.59 Å². The highest BCUT2D eigenvalue weighted by atomic mass is 28.4. The molecule has 5 nitrogen and oxygen atoms in total. The predicted molar refractivity (Wildman–Crippen MR) is 112 cm³/mol. The van der Waals surface area contributed by atoms with E-state index in [2.05, 4.69) is 41.5 Å². The summed E-state index contributed by atoms with van der Waals surface area (Å²) in [4.78, 5) is 26.7. The summed E-state index contributed by atoms with van der Waals surface area (Å²) >= 11 is 0. The maximum absolute atomic E-state index is 12.9. The fourth-order valence-corrected chi connectivity index (χ4v) is 9.83. The normalized spacial score (nSPS) is 21.5. The second kappa shape index (κ2) is 8.91. The SMILES string of the molecule is C/C=C\C[C@H]1[C@@H](O[Si](C(C)C)(C(C)C)C(C)C)C(=O)N1C(=O)OC(C)(C)C. The number of amides is 2. The standard InChI is InChI=1S/C21H39NO4Si/c1-11-12-13-17-18(19(23)22(17)20(24)25-21(8,9)10)26-27(14(2)3,15(4)5)16(6)7/h11-12,14-18H,13H2,1-10H3/b12-11-/t17-,18+/m0/s1. The van der Waals surface area contributed by atoms with Gasteiger partial charge in [-0.25, -0.2) is 9.69 Å². The molecule has 0 spiro atoms. The van der Waals surface area contributed by atoms with Crippen LogP contribution in [0, 0.1) is 0 Å². The van der Waals surface area contributed by atoms with Gasteiger partial charge in [0.25, 0.3) is 5.91 Å². The van der Waals surface area contributed by atoms with Gasteiger partial charge in [-0.1, -0.05) is 53.7 Å². The number of hydrogen-bond acceptors (Lipinski definition) is 4. The first kappa shape index (κ1) is 23.9. The molecule has 27 heavy (non-hydrogen) atoms. The van der Waals surface area contributed by atoms with Crippen LogP contribution in [-0.2, 0) is 14.0 Å². The Balaban J connectivity index is 3.15. The van der Waals surface area contributed by atoms with Crippen molar-refractivity contribution in [2.24, 2.45) is 0 Å². The number of nitrogens with zero attached hydrogens (tertiary/aromatic N) is 1. The van der Waals surface area contributed by atoms with E-state index in [1.54, 1.807) is 20.8 Å². The lowest BCUT2D eigenvalue weighted by molar-refractivity contribution is -0.161. The number of β-lactam (4-membered cyclic amide) rings is 1. The molecule has 0 aromatic heterocycles. The zero-order chi connectivity index (χ0) is 21.2. The fourth-order valence-electron chi connectivity index (χ4n) is 4.32. The molecule has 1 aliphatic rings. The maximum atomic E-state index is 12.9. The van der Waals surface area contributed by atoms with Crippen LogP contribution in [0.25, 0.3) is 0 Å². The number of allylic oxidation sites excluding steroid dienone is 1. The van der Waals surface area contributed by atoms with Gasteiger partial charge >= 0.3 is 6.09 Å². The van der Waals surface area contributed by atoms with Crippen LogP contribution >= 0.6 is 0 Å². The number of hydrogen-bond donors (Lipinski definition) is 0. The third-order valence-electron chi connectivity index (χ3n) is 5.40. The molecular formula is C21H39NO4Si. The summed E-state index contributed by atoms with van der Waals surface area (Å²) in [6, 6.07) is -0.299. The zero-order valence-corrected chi connectivity index (χ0v) is 19.8. The lowest BCUT2D eigenvalue weighted by Crippen LogP contribution is -2.70. The van der Waals surface area contributed by atoms with Gasteiger partial charge in [0.1, 0.15) is 11.7 Å². The van der Waals surface area contributed by atoms with Gasteiger partial charge in [-0.2, -0.15) is 0 Å². The Labute approximate surface area is 166 Å². The van der Waals surface area contributed by atoms with Crippen LogP contribution in [0.3, 0.4) is 0 Å². The smallest absolute Gasteiger partial charge is 0.417 e. The van der Waals surface area contributed by atoms with E-state index in [1.807, 2.05) is 19.1 Å². The van der Waals surface area contributed by atoms with Gasteiger partial charge < -0.3 is 9.16 Å². The Morgan fingerprint density at radius 3 is 1.96 bits per heavy atom. The van der Waals surface area contributed by atoms with Crippen LogP contribution in [-0.4, -0.2) is 43.0 Å². The maximum Gasteiger partial charge on any atom is 0.417 e. The van der Waals surface area contributed by atoms with Gasteiger partial charge in [0.2, 0.25) is 8.32 Å². The summed E-state index contributed by atoms with van der Waals surface area (Å²) in [6.45, 7) is 20.5. The number of rotatable bonds is 7. The molecule has 0 aromatic rings. The molecule has 0 N–H and O–H groups in total. The Morgan fingerprint density at radius 1 is 1.11 bits per heavy atom. The van der Waals surface area contributed by atoms with Crippen LogP contribution in [0.2, 0.25) is 16.6 Å². The van der Waals surface area contributed by atoms with Gasteiger partial charge in [-0.3, -0.25) is 4.79 Å². The fraction of sp³-hybridized carbons (Fsp3) is 0.810. The number of carbonyl (C=O) groups is 2. The topological polar surface area (TPSA) is 55.8 Å². The average molecular weight is 398 g/mol. The van der Waals surface area contributed by atoms with E-state index < -0.39 is 26.1 Å². The molecular weight excluding hydrogens is 358 g/mol. The zero-order valence-electron chi connectivity index (χ0n) is 18.8. The predicted octanol–water partition coefficient (Wildman–Crippen LogP) is 5.66. The first-order valence-electron chi connectivity index (χ1n) is 10.1. The highest BCUT2D eigenvalue weighted by molar-refractivity contribution is 6.77. The summed E-state index contributed by atoms with van der Waals surface area (Å²) in [5.74, 6) is -0.266. The van der Waals surface area contributed by atoms with Crippen molar-refractivity contribution in [1.82, 2.24) is 4.90 Å². The number of imide groups is 1. The molecule has 0 radical (unpaired) electrons. The quantitative estimate of drug-likeness (QED) is 0.316. The molecule has 2 amide bonds. The second-order valence-electron chi connectivity index (χ2n) is 9.42. The molecule has 2 atom stereocenters. The minimum atomic E-state index is -2.22. The monoisotopic (exact) mass is 397 g/mol. The first-order chi connectivity index (χ1) is 12.3. The van der Waals surface area contributed by atoms with Crippen LogP contribution < -0.4 is 0 Å². The largest absolute Gasteiger partial charge is 0.443 e. The number of ether oxygens (including phenoxy) is 1. The van der Waals surface area contributed by atoms with E-state index in [-0.39, 0.29) is 11.9 Å². The van der Waals surface area contributed by atoms with Crippen LogP contribution in [0.5, 0.6) is 0 Å². The molecule has 1 rings (SSSR count). The molecule has 0 unspecified atom stereocenters. The Bertz CT molecular complexity index is 541. The third kappa shape index (κ3) is 5.02. The molecule has 156 valence electrons. The third-order valence-corrected chi connectivity index (χ3v) is 11.5. The average Bonchev–Trinajstić information content (AvgIpc) is 2.48. The van der Waals surface area contributed by atoms with E-state index in [4.69, 9.17) is 9.16 Å². The summed E-state index contributed by atoms with van der Waals surface area (Å²) in [5, 5.41) is 0. The Morgan fingerprint density at radius 2 is 1.59 bits per heavy atom. The van der Waals surface area contributed by atoms with Gasteiger partial charge in [-0.05, 0) is 50.7 Å². The molecule has 1 aliphatic heterocycles. The van der Waals surface area contributed by atoms with E-state index in [1.165, 1.54) is 4.90 Å². The Kier molecular flexibility index (Phi) is 7.88. The van der Waals surface area contributed by atoms with Crippen molar-refractivity contribution in [3.8, 4) is 0 Å². The highest BCUT2D eigenvalue weighted by Gasteiger charge is 2.57. The van der Waals surface area contributed by atoms with Crippen molar-refractivity contribution in [2.75, 3.05) is 0 Å². The number of likely N-dealkylation sites (tertiary alicyclic amines) is 1. The summed E-state index contributed by atoms with van der Waals surface area (Å²) in [5.41, 5.74) is 0.496. The molecule has 1 heterocycles. The van der Waals surface area contributed by atoms with Gasteiger partial charge in [0.05, 0.1) is 6.04 Å². The van der Waals surface area contributed by atoms with E-state index >= 15 is 0 Å². The van der Waals surface area contributed by atoms with Gasteiger partial charge in [-0.15, -0.1) is 0 Å². The van der Waals surface area contributed by atoms with Crippen molar-refractivity contribution >= 4 is 20.3 Å². The molecule has 1 fully saturated rings. The van der Waals surface area contributed by atoms with Crippen molar-refractivity contribution in [3.63, 3.8) is 0 Å². The van der Waals surface area contributed by atoms with E-state index in [0.717, 1.165) is 0 Å². The second-order valence-corrected chi connectivity index (χ2v) is 14.8. The minimum Gasteiger partial charge on any atom is -0.443 e. The van der Waals surface area contributed by atoms with Crippen molar-refractivity contribution in [2.45, 2.75) is 110 Å². The van der Waals surface area contributed by atoms with Crippen molar-refractivity contribution < 1.29 is 18.8 Å². The Hall–Kier alpha value is -1.14. The summed E-state index contributed by atoms with van der Waals surface area (Å²) < 4.78 is 12.1. The summed E-state index contributed by atoms with van der Waals surface area (Å²) in [7, 11) is -2.22. The lowest BCUT2D eigenvalue weighted by Gasteiger charge is -2.51. The molecule has 0 aromatic carbocycles. The van der Waals surface area contributed by atoms with Crippen LogP contribution in [0.1, 0.15) is 75.7 Å². The minimum absolute atomic E-state index is 0.266. The van der Waals surface area contributed by atoms with Crippen molar-refractivity contribution in [1.29, 1.82) is 0 Å². The van der Waals surface area contributed by atoms with Crippen LogP contribution in [0.15, 0.2) is 12.2 Å². The molecule has 0 bridgehead atoms. The molecule has 1 saturated heterocycles. The van der Waals surface area contributed by atoms with Gasteiger partial charge in [0.15, 0.2) is 0 Å². The summed E-state index contributed by atoms with van der Waals surface area (Å²) in [6.07, 6.45) is 3.37. The number of carbonyl (C=O) groups excluding carboxylic acids is 2. The van der Waals surface area contributed by atoms with Gasteiger partial charge in [0, 0.05) is 0 Å². The highest BCUT2D eigenvalue weighted by Crippen LogP contribution is 2.45. The van der Waals surface area contributed by atoms with Crippen molar-refractivity contribution in [3.05, 3.63) is 12.2 Å². The van der Waals surface area contributed by atoms with E-state index in [0.29, 0.717) is 23.0 Å².